The molecule has 0 heterocycles. The zero-order valence-electron chi connectivity index (χ0n) is 11.0. The molecule has 0 fully saturated rings. The van der Waals surface area contributed by atoms with Crippen molar-refractivity contribution in [3.8, 4) is 11.5 Å². The number of hydrogen-bond donors (Lipinski definition) is 0. The lowest BCUT2D eigenvalue weighted by molar-refractivity contribution is -0.137. The highest BCUT2D eigenvalue weighted by atomic mass is 16.6. The molecule has 2 rings (SSSR count). The normalized spacial score (nSPS) is 9.85. The summed E-state index contributed by atoms with van der Waals surface area (Å²) in [5.74, 6) is 0.126. The molecule has 20 heavy (non-hydrogen) atoms. The Bertz CT molecular complexity index is 588. The van der Waals surface area contributed by atoms with E-state index in [-0.39, 0.29) is 6.42 Å². The number of carbonyl (C=O) groups excluding carboxylic acids is 2. The van der Waals surface area contributed by atoms with E-state index < -0.39 is 11.9 Å². The highest BCUT2D eigenvalue weighted by Gasteiger charge is 2.11. The van der Waals surface area contributed by atoms with Crippen molar-refractivity contribution in [2.75, 3.05) is 0 Å². The molecule has 4 nitrogen and oxygen atoms in total. The van der Waals surface area contributed by atoms with Gasteiger partial charge in [0, 0.05) is 6.42 Å². The van der Waals surface area contributed by atoms with Gasteiger partial charge in [0.25, 0.3) is 0 Å². The Kier molecular flexibility index (Phi) is 4.50. The highest BCUT2D eigenvalue weighted by Crippen LogP contribution is 2.21. The smallest absolute Gasteiger partial charge is 0.345 e. The number of esters is 2. The van der Waals surface area contributed by atoms with Crippen LogP contribution in [0, 0.1) is 0 Å². The van der Waals surface area contributed by atoms with Crippen molar-refractivity contribution < 1.29 is 19.1 Å². The maximum absolute atomic E-state index is 11.6. The Hall–Kier alpha value is -2.62. The van der Waals surface area contributed by atoms with Gasteiger partial charge in [0.15, 0.2) is 0 Å². The molecule has 0 saturated heterocycles. The third-order valence-corrected chi connectivity index (χ3v) is 2.56. The lowest BCUT2D eigenvalue weighted by Gasteiger charge is -2.06. The van der Waals surface area contributed by atoms with Crippen molar-refractivity contribution in [3.63, 3.8) is 0 Å². The Morgan fingerprint density at radius 3 is 2.10 bits per heavy atom. The number of carbonyl (C=O) groups is 2. The van der Waals surface area contributed by atoms with E-state index in [2.05, 4.69) is 4.74 Å². The molecule has 0 atom stereocenters. The van der Waals surface area contributed by atoms with E-state index in [0.29, 0.717) is 17.1 Å². The van der Waals surface area contributed by atoms with Gasteiger partial charge in [0.2, 0.25) is 0 Å². The van der Waals surface area contributed by atoms with Crippen LogP contribution in [-0.2, 0) is 9.53 Å². The third-order valence-electron chi connectivity index (χ3n) is 2.56. The monoisotopic (exact) mass is 270 g/mol. The molecule has 2 aromatic rings. The molecular formula is C16H14O4. The molecule has 4 heteroatoms. The van der Waals surface area contributed by atoms with Crippen LogP contribution in [0.4, 0.5) is 0 Å². The van der Waals surface area contributed by atoms with Gasteiger partial charge in [-0.05, 0) is 36.4 Å². The third kappa shape index (κ3) is 3.68. The molecule has 102 valence electrons. The van der Waals surface area contributed by atoms with Crippen LogP contribution in [0.3, 0.4) is 0 Å². The van der Waals surface area contributed by atoms with Gasteiger partial charge in [-0.15, -0.1) is 0 Å². The molecule has 0 aromatic heterocycles. The topological polar surface area (TPSA) is 52.6 Å². The van der Waals surface area contributed by atoms with Crippen LogP contribution >= 0.6 is 0 Å². The molecule has 0 aliphatic rings. The van der Waals surface area contributed by atoms with Crippen molar-refractivity contribution in [2.45, 2.75) is 13.3 Å². The van der Waals surface area contributed by atoms with E-state index in [1.807, 2.05) is 30.3 Å². The van der Waals surface area contributed by atoms with Gasteiger partial charge in [-0.1, -0.05) is 25.1 Å². The first-order chi connectivity index (χ1) is 9.69. The molecule has 0 spiro atoms. The highest BCUT2D eigenvalue weighted by molar-refractivity contribution is 5.96. The minimum absolute atomic E-state index is 0.168. The molecule has 0 aliphatic carbocycles. The molecule has 2 aromatic carbocycles. The van der Waals surface area contributed by atoms with Crippen molar-refractivity contribution in [1.82, 2.24) is 0 Å². The molecule has 0 amide bonds. The number of ether oxygens (including phenoxy) is 2. The van der Waals surface area contributed by atoms with Gasteiger partial charge in [-0.2, -0.15) is 0 Å². The number of rotatable bonds is 4. The SMILES string of the molecule is CCC(=O)OC(=O)c1ccc(Oc2ccccc2)cc1. The van der Waals surface area contributed by atoms with Crippen molar-refractivity contribution in [3.05, 3.63) is 60.2 Å². The Morgan fingerprint density at radius 1 is 0.900 bits per heavy atom. The molecule has 0 aliphatic heterocycles. The molecular weight excluding hydrogens is 256 g/mol. The maximum atomic E-state index is 11.6. The van der Waals surface area contributed by atoms with Crippen molar-refractivity contribution >= 4 is 11.9 Å². The maximum Gasteiger partial charge on any atom is 0.345 e. The van der Waals surface area contributed by atoms with Crippen LogP contribution in [0.25, 0.3) is 0 Å². The predicted octanol–water partition coefficient (Wildman–Crippen LogP) is 3.57. The van der Waals surface area contributed by atoms with Crippen LogP contribution in [0.15, 0.2) is 54.6 Å². The average molecular weight is 270 g/mol. The van der Waals surface area contributed by atoms with Crippen LogP contribution in [-0.4, -0.2) is 11.9 Å². The fourth-order valence-corrected chi connectivity index (χ4v) is 1.52. The summed E-state index contributed by atoms with van der Waals surface area (Å²) in [5.41, 5.74) is 0.312. The van der Waals surface area contributed by atoms with E-state index >= 15 is 0 Å². The Morgan fingerprint density at radius 2 is 1.50 bits per heavy atom. The van der Waals surface area contributed by atoms with Gasteiger partial charge in [-0.3, -0.25) is 4.79 Å². The van der Waals surface area contributed by atoms with Gasteiger partial charge in [0.1, 0.15) is 11.5 Å². The van der Waals surface area contributed by atoms with Gasteiger partial charge in [0.05, 0.1) is 5.56 Å². The first-order valence-corrected chi connectivity index (χ1v) is 6.27. The van der Waals surface area contributed by atoms with E-state index in [9.17, 15) is 9.59 Å². The van der Waals surface area contributed by atoms with Gasteiger partial charge in [-0.25, -0.2) is 4.79 Å². The zero-order chi connectivity index (χ0) is 14.4. The van der Waals surface area contributed by atoms with Crippen molar-refractivity contribution in [2.24, 2.45) is 0 Å². The second kappa shape index (κ2) is 6.52. The standard InChI is InChI=1S/C16H14O4/c1-2-15(17)20-16(18)12-8-10-14(11-9-12)19-13-6-4-3-5-7-13/h3-11H,2H2,1H3. The van der Waals surface area contributed by atoms with E-state index in [1.165, 1.54) is 0 Å². The van der Waals surface area contributed by atoms with Crippen LogP contribution in [0.2, 0.25) is 0 Å². The number of benzene rings is 2. The predicted molar refractivity (Wildman–Crippen MR) is 73.7 cm³/mol. The summed E-state index contributed by atoms with van der Waals surface area (Å²) < 4.78 is 10.2. The summed E-state index contributed by atoms with van der Waals surface area (Å²) in [6, 6.07) is 15.7. The van der Waals surface area contributed by atoms with E-state index in [0.717, 1.165) is 0 Å². The molecule has 0 saturated carbocycles. The summed E-state index contributed by atoms with van der Waals surface area (Å²) >= 11 is 0. The first kappa shape index (κ1) is 13.8. The van der Waals surface area contributed by atoms with E-state index in [1.54, 1.807) is 31.2 Å². The largest absolute Gasteiger partial charge is 0.457 e. The molecule has 0 N–H and O–H groups in total. The summed E-state index contributed by atoms with van der Waals surface area (Å²) in [6.07, 6.45) is 0.168. The Labute approximate surface area is 116 Å². The summed E-state index contributed by atoms with van der Waals surface area (Å²) in [5, 5.41) is 0. The summed E-state index contributed by atoms with van der Waals surface area (Å²) in [6.45, 7) is 1.63. The van der Waals surface area contributed by atoms with Crippen molar-refractivity contribution in [1.29, 1.82) is 0 Å². The number of hydrogen-bond acceptors (Lipinski definition) is 4. The number of para-hydroxylation sites is 1. The molecule has 0 bridgehead atoms. The Balaban J connectivity index is 2.03. The first-order valence-electron chi connectivity index (χ1n) is 6.27. The zero-order valence-corrected chi connectivity index (χ0v) is 11.0. The van der Waals surface area contributed by atoms with Crippen LogP contribution in [0.5, 0.6) is 11.5 Å². The lowest BCUT2D eigenvalue weighted by Crippen LogP contribution is -2.11. The van der Waals surface area contributed by atoms with Gasteiger partial charge < -0.3 is 9.47 Å². The second-order valence-electron chi connectivity index (χ2n) is 4.05. The minimum atomic E-state index is -0.650. The quantitative estimate of drug-likeness (QED) is 0.629. The summed E-state index contributed by atoms with van der Waals surface area (Å²) in [7, 11) is 0. The van der Waals surface area contributed by atoms with Crippen LogP contribution in [0.1, 0.15) is 23.7 Å². The second-order valence-corrected chi connectivity index (χ2v) is 4.05. The average Bonchev–Trinajstić information content (AvgIpc) is 2.49. The summed E-state index contributed by atoms with van der Waals surface area (Å²) in [4.78, 5) is 22.6. The van der Waals surface area contributed by atoms with Crippen LogP contribution < -0.4 is 4.74 Å². The minimum Gasteiger partial charge on any atom is -0.457 e. The molecule has 0 unspecified atom stereocenters. The fraction of sp³-hybridized carbons (Fsp3) is 0.125. The molecule has 0 radical (unpaired) electrons. The van der Waals surface area contributed by atoms with E-state index in [4.69, 9.17) is 4.74 Å². The lowest BCUT2D eigenvalue weighted by atomic mass is 10.2. The fourth-order valence-electron chi connectivity index (χ4n) is 1.52. The van der Waals surface area contributed by atoms with Gasteiger partial charge >= 0.3 is 11.9 Å².